The van der Waals surface area contributed by atoms with Crippen LogP contribution in [0.4, 0.5) is 0 Å². The van der Waals surface area contributed by atoms with Crippen molar-refractivity contribution in [3.05, 3.63) is 0 Å². The zero-order chi connectivity index (χ0) is 17.3. The molecule has 2 saturated heterocycles. The molecule has 2 heterocycles. The van der Waals surface area contributed by atoms with Gasteiger partial charge in [0.25, 0.3) is 0 Å². The Morgan fingerprint density at radius 2 is 1.17 bits per heavy atom. The van der Waals surface area contributed by atoms with Gasteiger partial charge in [-0.2, -0.15) is 0 Å². The maximum atomic E-state index is 12.9. The van der Waals surface area contributed by atoms with E-state index in [-0.39, 0.29) is 17.7 Å². The maximum absolute atomic E-state index is 12.9. The zero-order valence-corrected chi connectivity index (χ0v) is 14.8. The molecule has 1 aliphatic carbocycles. The Labute approximate surface area is 143 Å². The molecule has 3 aliphatic rings. The van der Waals surface area contributed by atoms with E-state index in [1.165, 1.54) is 0 Å². The van der Waals surface area contributed by atoms with Gasteiger partial charge >= 0.3 is 0 Å². The predicted octanol–water partition coefficient (Wildman–Crippen LogP) is -0.379. The first kappa shape index (κ1) is 17.2. The van der Waals surface area contributed by atoms with Crippen LogP contribution in [-0.2, 0) is 14.4 Å². The summed E-state index contributed by atoms with van der Waals surface area (Å²) in [6.07, 6.45) is 1.34. The van der Waals surface area contributed by atoms with Gasteiger partial charge in [0.1, 0.15) is 5.41 Å². The number of likely N-dealkylation sites (N-methyl/N-ethyl adjacent to an activating group) is 1. The minimum atomic E-state index is -0.799. The van der Waals surface area contributed by atoms with Crippen molar-refractivity contribution < 1.29 is 14.4 Å². The van der Waals surface area contributed by atoms with Crippen LogP contribution < -0.4 is 0 Å². The first-order chi connectivity index (χ1) is 11.5. The van der Waals surface area contributed by atoms with E-state index < -0.39 is 5.41 Å². The highest BCUT2D eigenvalue weighted by molar-refractivity contribution is 6.08. The van der Waals surface area contributed by atoms with Crippen LogP contribution in [0, 0.1) is 5.41 Å². The van der Waals surface area contributed by atoms with Crippen molar-refractivity contribution in [2.45, 2.75) is 26.7 Å². The van der Waals surface area contributed by atoms with Crippen molar-refractivity contribution in [3.8, 4) is 0 Å². The van der Waals surface area contributed by atoms with Crippen LogP contribution in [-0.4, -0.2) is 96.2 Å². The Morgan fingerprint density at radius 1 is 0.750 bits per heavy atom. The number of hydrogen-bond acceptors (Lipinski definition) is 4. The van der Waals surface area contributed by atoms with E-state index in [4.69, 9.17) is 0 Å². The fourth-order valence-electron chi connectivity index (χ4n) is 3.74. The second kappa shape index (κ2) is 6.70. The second-order valence-corrected chi connectivity index (χ2v) is 7.11. The summed E-state index contributed by atoms with van der Waals surface area (Å²) in [5, 5.41) is 0. The van der Waals surface area contributed by atoms with Crippen LogP contribution in [0.1, 0.15) is 26.7 Å². The summed E-state index contributed by atoms with van der Waals surface area (Å²) in [4.78, 5) is 45.0. The summed E-state index contributed by atoms with van der Waals surface area (Å²) in [6, 6.07) is 0. The molecule has 3 fully saturated rings. The van der Waals surface area contributed by atoms with Gasteiger partial charge in [-0.05, 0) is 19.4 Å². The molecule has 24 heavy (non-hydrogen) atoms. The number of nitrogens with zero attached hydrogens (tertiary/aromatic N) is 4. The van der Waals surface area contributed by atoms with Gasteiger partial charge < -0.3 is 19.6 Å². The highest BCUT2D eigenvalue weighted by Crippen LogP contribution is 2.49. The minimum absolute atomic E-state index is 0.0198. The minimum Gasteiger partial charge on any atom is -0.339 e. The molecule has 2 aliphatic heterocycles. The number of hydrogen-bond donors (Lipinski definition) is 0. The van der Waals surface area contributed by atoms with Crippen molar-refractivity contribution in [2.75, 3.05) is 58.9 Å². The molecule has 1 saturated carbocycles. The smallest absolute Gasteiger partial charge is 0.238 e. The zero-order valence-electron chi connectivity index (χ0n) is 14.8. The molecule has 0 spiro atoms. The van der Waals surface area contributed by atoms with Gasteiger partial charge in [0.05, 0.1) is 0 Å². The summed E-state index contributed by atoms with van der Waals surface area (Å²) in [7, 11) is 0. The van der Waals surface area contributed by atoms with Crippen molar-refractivity contribution in [2.24, 2.45) is 5.41 Å². The van der Waals surface area contributed by atoms with Crippen LogP contribution in [0.2, 0.25) is 0 Å². The standard InChI is InChI=1S/C17H28N4O3/c1-3-18-6-8-20(9-7-18)15(23)17(4-5-17)16(24)21-12-10-19(11-13-21)14(2)22/h3-13H2,1-2H3. The third kappa shape index (κ3) is 3.14. The summed E-state index contributed by atoms with van der Waals surface area (Å²) < 4.78 is 0. The average Bonchev–Trinajstić information content (AvgIpc) is 3.42. The highest BCUT2D eigenvalue weighted by Gasteiger charge is 2.59. The van der Waals surface area contributed by atoms with Gasteiger partial charge in [-0.25, -0.2) is 0 Å². The van der Waals surface area contributed by atoms with Crippen molar-refractivity contribution in [1.29, 1.82) is 0 Å². The Kier molecular flexibility index (Phi) is 4.80. The van der Waals surface area contributed by atoms with E-state index in [2.05, 4.69) is 11.8 Å². The Morgan fingerprint density at radius 3 is 1.54 bits per heavy atom. The predicted molar refractivity (Wildman–Crippen MR) is 89.2 cm³/mol. The van der Waals surface area contributed by atoms with E-state index in [1.54, 1.807) is 16.7 Å². The van der Waals surface area contributed by atoms with Gasteiger partial charge in [-0.1, -0.05) is 6.92 Å². The summed E-state index contributed by atoms with van der Waals surface area (Å²) in [6.45, 7) is 10.1. The summed E-state index contributed by atoms with van der Waals surface area (Å²) >= 11 is 0. The van der Waals surface area contributed by atoms with Gasteiger partial charge in [-0.3, -0.25) is 14.4 Å². The number of carbonyl (C=O) groups is 3. The quantitative estimate of drug-likeness (QED) is 0.659. The van der Waals surface area contributed by atoms with E-state index in [0.29, 0.717) is 39.0 Å². The normalized spacial score (nSPS) is 24.0. The van der Waals surface area contributed by atoms with Gasteiger partial charge in [-0.15, -0.1) is 0 Å². The maximum Gasteiger partial charge on any atom is 0.238 e. The van der Waals surface area contributed by atoms with Crippen LogP contribution in [0.3, 0.4) is 0 Å². The van der Waals surface area contributed by atoms with Crippen LogP contribution in [0.15, 0.2) is 0 Å². The molecule has 7 nitrogen and oxygen atoms in total. The molecule has 134 valence electrons. The van der Waals surface area contributed by atoms with Crippen molar-refractivity contribution >= 4 is 17.7 Å². The molecular weight excluding hydrogens is 308 g/mol. The molecule has 7 heteroatoms. The molecule has 0 N–H and O–H groups in total. The highest BCUT2D eigenvalue weighted by atomic mass is 16.2. The molecule has 0 aromatic heterocycles. The average molecular weight is 336 g/mol. The third-order valence-electron chi connectivity index (χ3n) is 5.69. The van der Waals surface area contributed by atoms with Crippen molar-refractivity contribution in [3.63, 3.8) is 0 Å². The molecular formula is C17H28N4O3. The number of rotatable bonds is 3. The molecule has 0 radical (unpaired) electrons. The first-order valence-corrected chi connectivity index (χ1v) is 9.04. The largest absolute Gasteiger partial charge is 0.339 e. The van der Waals surface area contributed by atoms with Gasteiger partial charge in [0, 0.05) is 59.3 Å². The molecule has 0 atom stereocenters. The summed E-state index contributed by atoms with van der Waals surface area (Å²) in [5.74, 6) is 0.0546. The fraction of sp³-hybridized carbons (Fsp3) is 0.824. The topological polar surface area (TPSA) is 64.2 Å². The molecule has 0 unspecified atom stereocenters. The Bertz CT molecular complexity index is 516. The van der Waals surface area contributed by atoms with Gasteiger partial charge in [0.2, 0.25) is 17.7 Å². The van der Waals surface area contributed by atoms with Crippen LogP contribution >= 0.6 is 0 Å². The van der Waals surface area contributed by atoms with Crippen LogP contribution in [0.25, 0.3) is 0 Å². The number of amides is 3. The lowest BCUT2D eigenvalue weighted by Gasteiger charge is -2.38. The van der Waals surface area contributed by atoms with Gasteiger partial charge in [0.15, 0.2) is 0 Å². The SMILES string of the molecule is CCN1CCN(C(=O)C2(C(=O)N3CCN(C(C)=O)CC3)CC2)CC1. The lowest BCUT2D eigenvalue weighted by molar-refractivity contribution is -0.152. The molecule has 3 rings (SSSR count). The monoisotopic (exact) mass is 336 g/mol. The molecule has 0 bridgehead atoms. The van der Waals surface area contributed by atoms with E-state index in [0.717, 1.165) is 32.7 Å². The first-order valence-electron chi connectivity index (χ1n) is 9.04. The van der Waals surface area contributed by atoms with E-state index >= 15 is 0 Å². The molecule has 0 aromatic carbocycles. The molecule has 0 aromatic rings. The van der Waals surface area contributed by atoms with Crippen molar-refractivity contribution in [1.82, 2.24) is 19.6 Å². The van der Waals surface area contributed by atoms with Crippen LogP contribution in [0.5, 0.6) is 0 Å². The fourth-order valence-corrected chi connectivity index (χ4v) is 3.74. The Balaban J connectivity index is 1.58. The third-order valence-corrected chi connectivity index (χ3v) is 5.69. The number of piperazine rings is 2. The number of carbonyl (C=O) groups excluding carboxylic acids is 3. The van der Waals surface area contributed by atoms with E-state index in [1.807, 2.05) is 4.90 Å². The van der Waals surface area contributed by atoms with E-state index in [9.17, 15) is 14.4 Å². The second-order valence-electron chi connectivity index (χ2n) is 7.11. The summed E-state index contributed by atoms with van der Waals surface area (Å²) in [5.41, 5.74) is -0.799. The lowest BCUT2D eigenvalue weighted by atomic mass is 10.0. The molecule has 3 amide bonds. The Hall–Kier alpha value is -1.63. The lowest BCUT2D eigenvalue weighted by Crippen LogP contribution is -2.56.